The van der Waals surface area contributed by atoms with Crippen molar-refractivity contribution in [2.24, 2.45) is 5.73 Å². The van der Waals surface area contributed by atoms with Gasteiger partial charge in [0.2, 0.25) is 0 Å². The average molecular weight is 394 g/mol. The van der Waals surface area contributed by atoms with Crippen LogP contribution in [-0.2, 0) is 12.8 Å². The molecule has 2 unspecified atom stereocenters. The van der Waals surface area contributed by atoms with Crippen LogP contribution in [0.1, 0.15) is 42.4 Å². The number of aromatic nitrogens is 1. The van der Waals surface area contributed by atoms with Gasteiger partial charge in [-0.05, 0) is 57.0 Å². The maximum absolute atomic E-state index is 13.9. The number of halogens is 2. The highest BCUT2D eigenvalue weighted by molar-refractivity contribution is 6.30. The quantitative estimate of drug-likeness (QED) is 0.704. The van der Waals surface area contributed by atoms with Gasteiger partial charge in [-0.3, -0.25) is 9.78 Å². The van der Waals surface area contributed by atoms with Gasteiger partial charge in [0, 0.05) is 29.2 Å². The number of nitrogens with two attached hydrogens (primary N) is 1. The summed E-state index contributed by atoms with van der Waals surface area (Å²) in [5, 5.41) is 13.6. The van der Waals surface area contributed by atoms with Gasteiger partial charge in [-0.25, -0.2) is 4.39 Å². The number of amides is 1. The molecule has 0 spiro atoms. The molecule has 146 valence electrons. The molecule has 0 bridgehead atoms. The Morgan fingerprint density at radius 3 is 2.67 bits per heavy atom. The van der Waals surface area contributed by atoms with Crippen LogP contribution in [0.3, 0.4) is 0 Å². The van der Waals surface area contributed by atoms with Gasteiger partial charge in [0.15, 0.2) is 0 Å². The van der Waals surface area contributed by atoms with Crippen LogP contribution in [0.15, 0.2) is 36.5 Å². The number of aliphatic hydroxyl groups excluding tert-OH is 1. The smallest absolute Gasteiger partial charge is 0.253 e. The molecule has 0 saturated carbocycles. The monoisotopic (exact) mass is 393 g/mol. The van der Waals surface area contributed by atoms with E-state index in [2.05, 4.69) is 10.3 Å². The van der Waals surface area contributed by atoms with Crippen molar-refractivity contribution >= 4 is 17.5 Å². The molecule has 0 aliphatic carbocycles. The molecule has 1 aromatic heterocycles. The average Bonchev–Trinajstić information content (AvgIpc) is 2.56. The number of carbonyl (C=O) groups excluding carboxylic acids is 1. The Morgan fingerprint density at radius 1 is 1.33 bits per heavy atom. The lowest BCUT2D eigenvalue weighted by molar-refractivity contribution is 0.0916. The number of hydrogen-bond donors (Lipinski definition) is 3. The zero-order valence-corrected chi connectivity index (χ0v) is 16.4. The van der Waals surface area contributed by atoms with E-state index in [-0.39, 0.29) is 18.7 Å². The molecule has 0 aliphatic rings. The lowest BCUT2D eigenvalue weighted by Gasteiger charge is -2.23. The van der Waals surface area contributed by atoms with E-state index >= 15 is 0 Å². The second kappa shape index (κ2) is 8.78. The third-order valence-electron chi connectivity index (χ3n) is 3.99. The van der Waals surface area contributed by atoms with E-state index in [4.69, 9.17) is 17.3 Å². The molecule has 0 radical (unpaired) electrons. The van der Waals surface area contributed by atoms with Crippen molar-refractivity contribution in [2.45, 2.75) is 51.3 Å². The summed E-state index contributed by atoms with van der Waals surface area (Å²) in [5.41, 5.74) is 6.86. The third-order valence-corrected chi connectivity index (χ3v) is 4.23. The number of aliphatic hydroxyl groups is 1. The Balaban J connectivity index is 2.11. The normalized spacial score (nSPS) is 13.9. The lowest BCUT2D eigenvalue weighted by atomic mass is 9.96. The number of nitrogens with one attached hydrogen (secondary N) is 1. The number of rotatable bonds is 6. The highest BCUT2D eigenvalue weighted by Gasteiger charge is 2.23. The van der Waals surface area contributed by atoms with Crippen molar-refractivity contribution in [3.05, 3.63) is 64.2 Å². The van der Waals surface area contributed by atoms with Gasteiger partial charge in [0.05, 0.1) is 17.4 Å². The van der Waals surface area contributed by atoms with E-state index in [9.17, 15) is 14.3 Å². The Kier molecular flexibility index (Phi) is 6.92. The van der Waals surface area contributed by atoms with E-state index in [0.717, 1.165) is 0 Å². The number of pyridine rings is 1. The molecule has 1 amide bonds. The van der Waals surface area contributed by atoms with Crippen LogP contribution in [-0.4, -0.2) is 33.7 Å². The first-order chi connectivity index (χ1) is 12.6. The molecule has 5 nitrogen and oxygen atoms in total. The highest BCUT2D eigenvalue weighted by Crippen LogP contribution is 2.18. The van der Waals surface area contributed by atoms with Gasteiger partial charge in [0.1, 0.15) is 5.82 Å². The number of hydrogen-bond acceptors (Lipinski definition) is 4. The predicted octanol–water partition coefficient (Wildman–Crippen LogP) is 2.88. The summed E-state index contributed by atoms with van der Waals surface area (Å²) in [5.74, 6) is -0.733. The first kappa shape index (κ1) is 21.3. The number of benzene rings is 1. The standard InChI is InChI=1S/C20H25ClFN3O2/c1-20(2,3)25-19(27)14-5-4-8-24-17(14)11-18(26)16(23)9-12-6-7-13(21)10-15(12)22/h4-8,10,16,18,26H,9,11,23H2,1-3H3,(H,25,27). The number of carbonyl (C=O) groups is 1. The molecule has 2 rings (SSSR count). The highest BCUT2D eigenvalue weighted by atomic mass is 35.5. The molecule has 2 aromatic rings. The summed E-state index contributed by atoms with van der Waals surface area (Å²) in [6, 6.07) is 6.93. The molecule has 27 heavy (non-hydrogen) atoms. The molecule has 4 N–H and O–H groups in total. The van der Waals surface area contributed by atoms with Crippen LogP contribution in [0, 0.1) is 5.82 Å². The van der Waals surface area contributed by atoms with Crippen molar-refractivity contribution in [3.8, 4) is 0 Å². The van der Waals surface area contributed by atoms with Crippen molar-refractivity contribution < 1.29 is 14.3 Å². The Morgan fingerprint density at radius 2 is 2.04 bits per heavy atom. The van der Waals surface area contributed by atoms with E-state index in [0.29, 0.717) is 21.8 Å². The summed E-state index contributed by atoms with van der Waals surface area (Å²) < 4.78 is 13.9. The van der Waals surface area contributed by atoms with Gasteiger partial charge in [-0.15, -0.1) is 0 Å². The van der Waals surface area contributed by atoms with Gasteiger partial charge in [-0.1, -0.05) is 17.7 Å². The van der Waals surface area contributed by atoms with E-state index in [1.54, 1.807) is 30.5 Å². The third kappa shape index (κ3) is 6.27. The maximum atomic E-state index is 13.9. The van der Waals surface area contributed by atoms with Crippen LogP contribution in [0.4, 0.5) is 4.39 Å². The van der Waals surface area contributed by atoms with Crippen molar-refractivity contribution in [1.29, 1.82) is 0 Å². The molecular weight excluding hydrogens is 369 g/mol. The Labute approximate surface area is 163 Å². The maximum Gasteiger partial charge on any atom is 0.253 e. The van der Waals surface area contributed by atoms with Gasteiger partial charge in [0.25, 0.3) is 5.91 Å². The zero-order chi connectivity index (χ0) is 20.2. The summed E-state index contributed by atoms with van der Waals surface area (Å²) in [6.45, 7) is 5.64. The summed E-state index contributed by atoms with van der Waals surface area (Å²) in [4.78, 5) is 16.7. The van der Waals surface area contributed by atoms with Crippen LogP contribution in [0.5, 0.6) is 0 Å². The van der Waals surface area contributed by atoms with Crippen molar-refractivity contribution in [3.63, 3.8) is 0 Å². The van der Waals surface area contributed by atoms with E-state index in [1.165, 1.54) is 6.07 Å². The molecule has 1 aromatic carbocycles. The first-order valence-electron chi connectivity index (χ1n) is 8.71. The molecule has 7 heteroatoms. The van der Waals surface area contributed by atoms with E-state index < -0.39 is 23.5 Å². The minimum atomic E-state index is -0.990. The van der Waals surface area contributed by atoms with E-state index in [1.807, 2.05) is 20.8 Å². The lowest BCUT2D eigenvalue weighted by Crippen LogP contribution is -2.42. The molecule has 0 aliphatic heterocycles. The first-order valence-corrected chi connectivity index (χ1v) is 9.08. The SMILES string of the molecule is CC(C)(C)NC(=O)c1cccnc1CC(O)C(N)Cc1ccc(Cl)cc1F. The zero-order valence-electron chi connectivity index (χ0n) is 15.7. The topological polar surface area (TPSA) is 88.2 Å². The number of nitrogens with zero attached hydrogens (tertiary/aromatic N) is 1. The summed E-state index contributed by atoms with van der Waals surface area (Å²) in [6.07, 6.45) is 0.793. The van der Waals surface area contributed by atoms with Gasteiger partial charge in [-0.2, -0.15) is 0 Å². The largest absolute Gasteiger partial charge is 0.391 e. The second-order valence-electron chi connectivity index (χ2n) is 7.58. The van der Waals surface area contributed by atoms with Crippen molar-refractivity contribution in [2.75, 3.05) is 0 Å². The summed E-state index contributed by atoms with van der Waals surface area (Å²) >= 11 is 5.75. The minimum absolute atomic E-state index is 0.0874. The fourth-order valence-corrected chi connectivity index (χ4v) is 2.80. The molecule has 2 atom stereocenters. The van der Waals surface area contributed by atoms with Crippen LogP contribution in [0.25, 0.3) is 0 Å². The van der Waals surface area contributed by atoms with Crippen molar-refractivity contribution in [1.82, 2.24) is 10.3 Å². The Bertz CT molecular complexity index is 808. The molecule has 1 heterocycles. The van der Waals surface area contributed by atoms with Gasteiger partial charge < -0.3 is 16.2 Å². The van der Waals surface area contributed by atoms with Crippen LogP contribution < -0.4 is 11.1 Å². The Hall–Kier alpha value is -2.02. The minimum Gasteiger partial charge on any atom is -0.391 e. The van der Waals surface area contributed by atoms with Crippen LogP contribution >= 0.6 is 11.6 Å². The summed E-state index contributed by atoms with van der Waals surface area (Å²) in [7, 11) is 0. The molecule has 0 fully saturated rings. The fraction of sp³-hybridized carbons (Fsp3) is 0.400. The molecular formula is C20H25ClFN3O2. The predicted molar refractivity (Wildman–Crippen MR) is 104 cm³/mol. The van der Waals surface area contributed by atoms with Crippen LogP contribution in [0.2, 0.25) is 5.02 Å². The fourth-order valence-electron chi connectivity index (χ4n) is 2.64. The second-order valence-corrected chi connectivity index (χ2v) is 8.01. The molecule has 0 saturated heterocycles. The van der Waals surface area contributed by atoms with Gasteiger partial charge >= 0.3 is 0 Å².